The molecule has 0 amide bonds. The number of carboxylic acids is 1. The lowest BCUT2D eigenvalue weighted by molar-refractivity contribution is -0.165. The Labute approximate surface area is 108 Å². The van der Waals surface area contributed by atoms with E-state index in [0.29, 0.717) is 0 Å². The largest absolute Gasteiger partial charge is 0.480 e. The first-order valence-corrected chi connectivity index (χ1v) is 5.75. The Morgan fingerprint density at radius 3 is 2.59 bits per heavy atom. The van der Waals surface area contributed by atoms with Gasteiger partial charge in [0.25, 0.3) is 0 Å². The Kier molecular flexibility index (Phi) is 4.28. The minimum atomic E-state index is -1.56. The van der Waals surface area contributed by atoms with E-state index < -0.39 is 17.4 Å². The van der Waals surface area contributed by atoms with Gasteiger partial charge < -0.3 is 9.84 Å². The van der Waals surface area contributed by atoms with Crippen molar-refractivity contribution < 1.29 is 19.4 Å². The normalized spacial score (nSPS) is 13.8. The van der Waals surface area contributed by atoms with E-state index in [1.807, 2.05) is 6.07 Å². The summed E-state index contributed by atoms with van der Waals surface area (Å²) in [6, 6.07) is 7.18. The highest BCUT2D eigenvalue weighted by Crippen LogP contribution is 2.26. The lowest BCUT2D eigenvalue weighted by Crippen LogP contribution is -2.39. The molecule has 17 heavy (non-hydrogen) atoms. The highest BCUT2D eigenvalue weighted by Gasteiger charge is 2.42. The molecule has 0 aliphatic rings. The minimum absolute atomic E-state index is 0.0917. The molecule has 0 aromatic heterocycles. The highest BCUT2D eigenvalue weighted by atomic mass is 79.9. The number of benzene rings is 1. The number of hydrogen-bond acceptors (Lipinski definition) is 3. The molecule has 0 aliphatic heterocycles. The summed E-state index contributed by atoms with van der Waals surface area (Å²) >= 11 is 3.30. The van der Waals surface area contributed by atoms with Gasteiger partial charge in [0.05, 0.1) is 7.11 Å². The average molecular weight is 301 g/mol. The van der Waals surface area contributed by atoms with Crippen LogP contribution in [0.15, 0.2) is 28.7 Å². The summed E-state index contributed by atoms with van der Waals surface area (Å²) in [5.74, 6) is -1.94. The molecular weight excluding hydrogens is 288 g/mol. The lowest BCUT2D eigenvalue weighted by atomic mass is 9.84. The smallest absolute Gasteiger partial charge is 0.323 e. The van der Waals surface area contributed by atoms with Gasteiger partial charge in [-0.15, -0.1) is 0 Å². The van der Waals surface area contributed by atoms with Gasteiger partial charge in [-0.1, -0.05) is 28.1 Å². The van der Waals surface area contributed by atoms with Crippen LogP contribution in [-0.4, -0.2) is 24.2 Å². The van der Waals surface area contributed by atoms with Crippen LogP contribution in [0, 0.1) is 5.41 Å². The quantitative estimate of drug-likeness (QED) is 0.684. The molecule has 1 aromatic rings. The predicted molar refractivity (Wildman–Crippen MR) is 65.6 cm³/mol. The van der Waals surface area contributed by atoms with E-state index in [9.17, 15) is 9.59 Å². The van der Waals surface area contributed by atoms with E-state index in [1.165, 1.54) is 14.0 Å². The monoisotopic (exact) mass is 300 g/mol. The van der Waals surface area contributed by atoms with E-state index >= 15 is 0 Å². The van der Waals surface area contributed by atoms with Crippen LogP contribution in [0.1, 0.15) is 12.5 Å². The molecule has 0 heterocycles. The van der Waals surface area contributed by atoms with Crippen LogP contribution < -0.4 is 0 Å². The molecule has 0 bridgehead atoms. The molecule has 92 valence electrons. The van der Waals surface area contributed by atoms with Crippen molar-refractivity contribution >= 4 is 27.9 Å². The molecule has 1 aromatic carbocycles. The van der Waals surface area contributed by atoms with Crippen molar-refractivity contribution in [3.8, 4) is 0 Å². The fourth-order valence-electron chi connectivity index (χ4n) is 1.52. The van der Waals surface area contributed by atoms with E-state index in [-0.39, 0.29) is 6.42 Å². The van der Waals surface area contributed by atoms with E-state index in [2.05, 4.69) is 20.7 Å². The summed E-state index contributed by atoms with van der Waals surface area (Å²) in [4.78, 5) is 22.7. The Morgan fingerprint density at radius 1 is 1.47 bits per heavy atom. The number of hydrogen-bond donors (Lipinski definition) is 1. The van der Waals surface area contributed by atoms with Crippen LogP contribution in [0.25, 0.3) is 0 Å². The van der Waals surface area contributed by atoms with Crippen LogP contribution in [-0.2, 0) is 20.7 Å². The van der Waals surface area contributed by atoms with Crippen molar-refractivity contribution in [2.75, 3.05) is 7.11 Å². The average Bonchev–Trinajstić information content (AvgIpc) is 2.27. The van der Waals surface area contributed by atoms with Gasteiger partial charge in [-0.05, 0) is 31.0 Å². The van der Waals surface area contributed by atoms with Crippen molar-refractivity contribution in [3.63, 3.8) is 0 Å². The second-order valence-corrected chi connectivity index (χ2v) is 4.85. The number of aliphatic carboxylic acids is 1. The number of esters is 1. The van der Waals surface area contributed by atoms with Gasteiger partial charge in [0.15, 0.2) is 5.41 Å². The molecule has 0 radical (unpaired) electrons. The number of methoxy groups -OCH3 is 1. The molecule has 0 fully saturated rings. The molecule has 0 aliphatic carbocycles. The SMILES string of the molecule is COC(=O)C(C)(Cc1cccc(Br)c1)C(=O)O. The topological polar surface area (TPSA) is 63.6 Å². The highest BCUT2D eigenvalue weighted by molar-refractivity contribution is 9.10. The minimum Gasteiger partial charge on any atom is -0.480 e. The molecule has 5 heteroatoms. The van der Waals surface area contributed by atoms with Gasteiger partial charge >= 0.3 is 11.9 Å². The summed E-state index contributed by atoms with van der Waals surface area (Å²) < 4.78 is 5.39. The van der Waals surface area contributed by atoms with Crippen LogP contribution in [0.3, 0.4) is 0 Å². The second-order valence-electron chi connectivity index (χ2n) is 3.94. The Morgan fingerprint density at radius 2 is 2.12 bits per heavy atom. The number of carbonyl (C=O) groups excluding carboxylic acids is 1. The molecule has 1 N–H and O–H groups in total. The summed E-state index contributed by atoms with van der Waals surface area (Å²) in [5, 5.41) is 9.15. The summed E-state index contributed by atoms with van der Waals surface area (Å²) in [5.41, 5.74) is -0.801. The van der Waals surface area contributed by atoms with Crippen LogP contribution in [0.4, 0.5) is 0 Å². The fraction of sp³-hybridized carbons (Fsp3) is 0.333. The first kappa shape index (κ1) is 13.7. The molecule has 0 saturated carbocycles. The molecular formula is C12H13BrO4. The summed E-state index contributed by atoms with van der Waals surface area (Å²) in [6.45, 7) is 1.36. The van der Waals surface area contributed by atoms with Crippen LogP contribution >= 0.6 is 15.9 Å². The molecule has 4 nitrogen and oxygen atoms in total. The van der Waals surface area contributed by atoms with Crippen LogP contribution in [0.5, 0.6) is 0 Å². The number of carbonyl (C=O) groups is 2. The Bertz CT molecular complexity index is 444. The third-order valence-corrected chi connectivity index (χ3v) is 3.05. The maximum Gasteiger partial charge on any atom is 0.323 e. The third-order valence-electron chi connectivity index (χ3n) is 2.55. The van der Waals surface area contributed by atoms with Crippen molar-refractivity contribution in [1.29, 1.82) is 0 Å². The molecule has 0 saturated heterocycles. The van der Waals surface area contributed by atoms with E-state index in [4.69, 9.17) is 5.11 Å². The maximum atomic E-state index is 11.5. The lowest BCUT2D eigenvalue weighted by Gasteiger charge is -2.21. The molecule has 1 atom stereocenters. The first-order valence-electron chi connectivity index (χ1n) is 4.96. The zero-order valence-corrected chi connectivity index (χ0v) is 11.2. The zero-order valence-electron chi connectivity index (χ0n) is 9.57. The van der Waals surface area contributed by atoms with Crippen molar-refractivity contribution in [2.24, 2.45) is 5.41 Å². The molecule has 0 spiro atoms. The first-order chi connectivity index (χ1) is 7.90. The fourth-order valence-corrected chi connectivity index (χ4v) is 1.96. The maximum absolute atomic E-state index is 11.5. The van der Waals surface area contributed by atoms with Gasteiger partial charge in [0.1, 0.15) is 0 Å². The van der Waals surface area contributed by atoms with E-state index in [0.717, 1.165) is 10.0 Å². The zero-order chi connectivity index (χ0) is 13.1. The van der Waals surface area contributed by atoms with Crippen molar-refractivity contribution in [3.05, 3.63) is 34.3 Å². The second kappa shape index (κ2) is 5.31. The van der Waals surface area contributed by atoms with Crippen molar-refractivity contribution in [2.45, 2.75) is 13.3 Å². The van der Waals surface area contributed by atoms with Gasteiger partial charge in [-0.25, -0.2) is 0 Å². The number of halogens is 1. The standard InChI is InChI=1S/C12H13BrO4/c1-12(10(14)15,11(16)17-2)7-8-4-3-5-9(13)6-8/h3-6H,7H2,1-2H3,(H,14,15). The third kappa shape index (κ3) is 3.06. The van der Waals surface area contributed by atoms with Gasteiger partial charge in [-0.3, -0.25) is 9.59 Å². The number of rotatable bonds is 4. The molecule has 1 rings (SSSR count). The molecule has 1 unspecified atom stereocenters. The number of carboxylic acid groups (broad SMARTS) is 1. The summed E-state index contributed by atoms with van der Waals surface area (Å²) in [7, 11) is 1.18. The Hall–Kier alpha value is -1.36. The number of ether oxygens (including phenoxy) is 1. The van der Waals surface area contributed by atoms with Gasteiger partial charge in [0, 0.05) is 4.47 Å². The van der Waals surface area contributed by atoms with Gasteiger partial charge in [0.2, 0.25) is 0 Å². The predicted octanol–water partition coefficient (Wildman–Crippen LogP) is 2.26. The van der Waals surface area contributed by atoms with Crippen molar-refractivity contribution in [1.82, 2.24) is 0 Å². The summed E-state index contributed by atoms with van der Waals surface area (Å²) in [6.07, 6.45) is 0.0917. The van der Waals surface area contributed by atoms with E-state index in [1.54, 1.807) is 18.2 Å². The van der Waals surface area contributed by atoms with Gasteiger partial charge in [-0.2, -0.15) is 0 Å². The van der Waals surface area contributed by atoms with Crippen LogP contribution in [0.2, 0.25) is 0 Å². The Balaban J connectivity index is 3.03.